The Balaban J connectivity index is 2.32. The van der Waals surface area contributed by atoms with Crippen molar-refractivity contribution in [3.05, 3.63) is 11.6 Å². The first kappa shape index (κ1) is 14.8. The molecule has 0 aliphatic carbocycles. The number of hydrogen-bond donors (Lipinski definition) is 4. The zero-order valence-corrected chi connectivity index (χ0v) is 11.7. The highest BCUT2D eigenvalue weighted by Gasteiger charge is 2.25. The van der Waals surface area contributed by atoms with Crippen molar-refractivity contribution in [1.82, 2.24) is 10.0 Å². The molecule has 18 heavy (non-hydrogen) atoms. The second-order valence-electron chi connectivity index (χ2n) is 4.35. The van der Waals surface area contributed by atoms with Crippen LogP contribution in [0.25, 0.3) is 0 Å². The van der Waals surface area contributed by atoms with Gasteiger partial charge in [0.15, 0.2) is 0 Å². The zero-order chi connectivity index (χ0) is 13.6. The van der Waals surface area contributed by atoms with Gasteiger partial charge in [0.2, 0.25) is 0 Å². The van der Waals surface area contributed by atoms with Crippen LogP contribution in [0.1, 0.15) is 26.2 Å². The minimum absolute atomic E-state index is 0.173. The van der Waals surface area contributed by atoms with Crippen LogP contribution in [0.3, 0.4) is 0 Å². The highest BCUT2D eigenvalue weighted by molar-refractivity contribution is 8.17. The number of thiol groups is 1. The highest BCUT2D eigenvalue weighted by atomic mass is 32.3. The summed E-state index contributed by atoms with van der Waals surface area (Å²) in [4.78, 5) is 14.7. The monoisotopic (exact) mass is 274 g/mol. The van der Waals surface area contributed by atoms with Crippen molar-refractivity contribution in [3.8, 4) is 0 Å². The Bertz CT molecular complexity index is 406. The van der Waals surface area contributed by atoms with Gasteiger partial charge in [-0.2, -0.15) is 0 Å². The smallest absolute Gasteiger partial charge is 0.312 e. The molecule has 0 radical (unpaired) electrons. The number of aliphatic imine (C=N–C) groups is 1. The van der Waals surface area contributed by atoms with Gasteiger partial charge in [-0.3, -0.25) is 13.9 Å². The summed E-state index contributed by atoms with van der Waals surface area (Å²) in [6.45, 7) is 2.60. The molecule has 104 valence electrons. The molecule has 0 saturated carbocycles. The predicted molar refractivity (Wildman–Crippen MR) is 75.8 cm³/mol. The first-order valence-electron chi connectivity index (χ1n) is 6.07. The minimum atomic E-state index is -2.56. The lowest BCUT2D eigenvalue weighted by Crippen LogP contribution is -2.35. The number of urea groups is 1. The van der Waals surface area contributed by atoms with E-state index in [4.69, 9.17) is 5.73 Å². The number of carbonyl (C=O) groups excluding carboxylic acids is 1. The first-order chi connectivity index (χ1) is 8.49. The summed E-state index contributed by atoms with van der Waals surface area (Å²) in [5.74, 6) is 0.173. The molecule has 0 saturated heterocycles. The fourth-order valence-corrected chi connectivity index (χ4v) is 3.73. The van der Waals surface area contributed by atoms with E-state index < -0.39 is 16.1 Å². The van der Waals surface area contributed by atoms with Crippen LogP contribution in [0.15, 0.2) is 16.6 Å². The lowest BCUT2D eigenvalue weighted by Gasteiger charge is -2.22. The van der Waals surface area contributed by atoms with Crippen molar-refractivity contribution in [2.75, 3.05) is 13.6 Å². The molecule has 0 aromatic carbocycles. The summed E-state index contributed by atoms with van der Waals surface area (Å²) in [5.41, 5.74) is 4.97. The molecule has 1 aliphatic heterocycles. The summed E-state index contributed by atoms with van der Waals surface area (Å²) in [7, 11) is -0.869. The van der Waals surface area contributed by atoms with E-state index in [1.54, 1.807) is 18.7 Å². The van der Waals surface area contributed by atoms with Gasteiger partial charge < -0.3 is 11.1 Å². The fourth-order valence-electron chi connectivity index (χ4n) is 1.93. The number of nitrogens with one attached hydrogen (secondary N) is 2. The lowest BCUT2D eigenvalue weighted by atomic mass is 10.1. The zero-order valence-electron chi connectivity index (χ0n) is 10.8. The largest absolute Gasteiger partial charge is 0.352 e. The fraction of sp³-hybridized carbons (Fsp3) is 0.636. The standard InChI is InChI=1S/C11H22N4O2S/c1-9(5-3-4-6-15-11(12)16)10-14-7-8-18(10,17)13-2/h7-9,18H,3-6H2,1-2H3,(H,13,17)(H3,12,15,16)/t9-/m0/s1. The Morgan fingerprint density at radius 2 is 2.28 bits per heavy atom. The Labute approximate surface area is 109 Å². The summed E-state index contributed by atoms with van der Waals surface area (Å²) in [6, 6.07) is -0.493. The maximum Gasteiger partial charge on any atom is 0.312 e. The Morgan fingerprint density at radius 1 is 1.56 bits per heavy atom. The van der Waals surface area contributed by atoms with E-state index in [0.29, 0.717) is 6.54 Å². The Morgan fingerprint density at radius 3 is 2.89 bits per heavy atom. The Kier molecular flexibility index (Phi) is 5.49. The molecule has 0 aromatic heterocycles. The van der Waals surface area contributed by atoms with Gasteiger partial charge in [-0.25, -0.2) is 4.79 Å². The van der Waals surface area contributed by atoms with Crippen molar-refractivity contribution in [3.63, 3.8) is 0 Å². The van der Waals surface area contributed by atoms with Crippen molar-refractivity contribution in [1.29, 1.82) is 0 Å². The minimum Gasteiger partial charge on any atom is -0.352 e. The molecule has 7 heteroatoms. The van der Waals surface area contributed by atoms with E-state index in [1.807, 2.05) is 6.92 Å². The summed E-state index contributed by atoms with van der Waals surface area (Å²) >= 11 is 0. The van der Waals surface area contributed by atoms with Gasteiger partial charge in [0.1, 0.15) is 0 Å². The lowest BCUT2D eigenvalue weighted by molar-refractivity contribution is 0.248. The molecule has 6 nitrogen and oxygen atoms in total. The van der Waals surface area contributed by atoms with Crippen LogP contribution < -0.4 is 15.8 Å². The molecule has 0 bridgehead atoms. The van der Waals surface area contributed by atoms with Crippen molar-refractivity contribution >= 4 is 21.2 Å². The number of hydrogen-bond acceptors (Lipinski definition) is 3. The topological polar surface area (TPSA) is 96.6 Å². The molecule has 4 N–H and O–H groups in total. The SMILES string of the molecule is CN[SH]1(=O)C=CN=C1[C@@H](C)CCCCNC(N)=O. The quantitative estimate of drug-likeness (QED) is 0.401. The van der Waals surface area contributed by atoms with Gasteiger partial charge in [-0.1, -0.05) is 13.3 Å². The number of amides is 2. The van der Waals surface area contributed by atoms with Crippen LogP contribution in [0.5, 0.6) is 0 Å². The van der Waals surface area contributed by atoms with Crippen LogP contribution in [-0.4, -0.2) is 28.9 Å². The van der Waals surface area contributed by atoms with E-state index in [9.17, 15) is 9.00 Å². The van der Waals surface area contributed by atoms with Gasteiger partial charge in [0.25, 0.3) is 0 Å². The molecule has 1 atom stereocenters. The third-order valence-corrected chi connectivity index (χ3v) is 5.41. The summed E-state index contributed by atoms with van der Waals surface area (Å²) < 4.78 is 15.2. The van der Waals surface area contributed by atoms with E-state index in [1.165, 1.54) is 0 Å². The normalized spacial score (nSPS) is 20.2. The maximum absolute atomic E-state index is 12.3. The molecular formula is C11H22N4O2S. The number of rotatable bonds is 7. The van der Waals surface area contributed by atoms with E-state index in [2.05, 4.69) is 15.0 Å². The molecule has 0 spiro atoms. The number of nitrogens with two attached hydrogens (primary N) is 1. The molecule has 1 heterocycles. The van der Waals surface area contributed by atoms with E-state index in [0.717, 1.165) is 24.3 Å². The van der Waals surface area contributed by atoms with Crippen LogP contribution in [0.4, 0.5) is 4.79 Å². The van der Waals surface area contributed by atoms with Crippen molar-refractivity contribution in [2.24, 2.45) is 16.6 Å². The van der Waals surface area contributed by atoms with Crippen molar-refractivity contribution in [2.45, 2.75) is 26.2 Å². The number of carbonyl (C=O) groups is 1. The highest BCUT2D eigenvalue weighted by Crippen LogP contribution is 2.22. The van der Waals surface area contributed by atoms with E-state index in [-0.39, 0.29) is 5.92 Å². The molecule has 0 aromatic rings. The number of unbranched alkanes of at least 4 members (excludes halogenated alkanes) is 1. The average Bonchev–Trinajstić information content (AvgIpc) is 2.71. The maximum atomic E-state index is 12.3. The van der Waals surface area contributed by atoms with Gasteiger partial charge in [0.05, 0.1) is 5.04 Å². The van der Waals surface area contributed by atoms with Crippen LogP contribution in [0, 0.1) is 5.92 Å². The average molecular weight is 274 g/mol. The molecule has 2 amide bonds. The second kappa shape index (κ2) is 6.65. The van der Waals surface area contributed by atoms with Gasteiger partial charge >= 0.3 is 6.03 Å². The van der Waals surface area contributed by atoms with Gasteiger partial charge in [0, 0.05) is 24.1 Å². The Hall–Kier alpha value is -1.21. The van der Waals surface area contributed by atoms with Crippen LogP contribution in [0.2, 0.25) is 0 Å². The molecule has 1 rings (SSSR count). The third kappa shape index (κ3) is 3.92. The van der Waals surface area contributed by atoms with Crippen LogP contribution >= 0.6 is 0 Å². The molecule has 0 unspecified atom stereocenters. The molecule has 1 aliphatic rings. The van der Waals surface area contributed by atoms with Gasteiger partial charge in [-0.05, 0) is 30.0 Å². The summed E-state index contributed by atoms with van der Waals surface area (Å²) in [6.07, 6.45) is 4.30. The number of nitrogens with zero attached hydrogens (tertiary/aromatic N) is 1. The third-order valence-electron chi connectivity index (χ3n) is 2.96. The first-order valence-corrected chi connectivity index (χ1v) is 7.85. The van der Waals surface area contributed by atoms with Gasteiger partial charge in [-0.15, -0.1) is 0 Å². The number of primary amides is 1. The summed E-state index contributed by atoms with van der Waals surface area (Å²) in [5, 5.41) is 4.94. The predicted octanol–water partition coefficient (Wildman–Crippen LogP) is 0.495. The van der Waals surface area contributed by atoms with Crippen LogP contribution in [-0.2, 0) is 10.1 Å². The van der Waals surface area contributed by atoms with Crippen molar-refractivity contribution < 1.29 is 9.00 Å². The molecule has 0 fully saturated rings. The second-order valence-corrected chi connectivity index (χ2v) is 6.87. The van der Waals surface area contributed by atoms with E-state index >= 15 is 0 Å². The molecular weight excluding hydrogens is 252 g/mol.